The predicted molar refractivity (Wildman–Crippen MR) is 37.4 cm³/mol. The molecule has 0 unspecified atom stereocenters. The quantitative estimate of drug-likeness (QED) is 0.429. The molecule has 2 heteroatoms. The van der Waals surface area contributed by atoms with Crippen LogP contribution < -0.4 is 5.73 Å². The van der Waals surface area contributed by atoms with E-state index in [0.29, 0.717) is 5.57 Å². The van der Waals surface area contributed by atoms with Crippen molar-refractivity contribution in [2.75, 3.05) is 0 Å². The number of carbonyl (C=O) groups excluding carboxylic acids is 1. The van der Waals surface area contributed by atoms with Crippen molar-refractivity contribution in [1.29, 1.82) is 0 Å². The van der Waals surface area contributed by atoms with Crippen molar-refractivity contribution in [2.45, 2.75) is 6.92 Å². The van der Waals surface area contributed by atoms with Gasteiger partial charge in [0.25, 0.3) is 0 Å². The Bertz CT molecular complexity index is 156. The van der Waals surface area contributed by atoms with E-state index >= 15 is 0 Å². The van der Waals surface area contributed by atoms with Crippen LogP contribution in [-0.4, -0.2) is 5.91 Å². The van der Waals surface area contributed by atoms with Crippen molar-refractivity contribution in [2.24, 2.45) is 5.73 Å². The van der Waals surface area contributed by atoms with Crippen LogP contribution in [0.4, 0.5) is 0 Å². The molecule has 0 rings (SSSR count). The average molecular weight is 124 g/mol. The molecular formula is C7H10NO. The number of hydrogen-bond acceptors (Lipinski definition) is 1. The molecule has 0 aliphatic heterocycles. The number of primary amides is 1. The average Bonchev–Trinajstić information content (AvgIpc) is 1.82. The molecule has 0 fully saturated rings. The Morgan fingerprint density at radius 1 is 1.67 bits per heavy atom. The van der Waals surface area contributed by atoms with Crippen LogP contribution in [0.25, 0.3) is 0 Å². The van der Waals surface area contributed by atoms with Crippen LogP contribution in [-0.2, 0) is 4.79 Å². The lowest BCUT2D eigenvalue weighted by atomic mass is 10.2. The number of hydrogen-bond donors (Lipinski definition) is 1. The maximum atomic E-state index is 10.3. The highest BCUT2D eigenvalue weighted by Crippen LogP contribution is 1.89. The van der Waals surface area contributed by atoms with E-state index in [1.165, 1.54) is 0 Å². The molecule has 49 valence electrons. The minimum atomic E-state index is -0.395. The SMILES string of the molecule is [CH2]/C=C/C=C(/C)C(N)=O. The summed E-state index contributed by atoms with van der Waals surface area (Å²) in [7, 11) is 0. The van der Waals surface area contributed by atoms with E-state index in [9.17, 15) is 4.79 Å². The van der Waals surface area contributed by atoms with E-state index < -0.39 is 5.91 Å². The van der Waals surface area contributed by atoms with Crippen molar-refractivity contribution >= 4 is 5.91 Å². The fraction of sp³-hybridized carbons (Fsp3) is 0.143. The first-order valence-electron chi connectivity index (χ1n) is 2.61. The van der Waals surface area contributed by atoms with Crippen LogP contribution in [0.1, 0.15) is 6.92 Å². The molecule has 2 N–H and O–H groups in total. The van der Waals surface area contributed by atoms with Gasteiger partial charge in [-0.2, -0.15) is 0 Å². The second-order valence-electron chi connectivity index (χ2n) is 1.64. The zero-order chi connectivity index (χ0) is 7.28. The molecule has 0 aliphatic rings. The Morgan fingerprint density at radius 3 is 2.56 bits per heavy atom. The van der Waals surface area contributed by atoms with Gasteiger partial charge >= 0.3 is 0 Å². The Balaban J connectivity index is 4.00. The van der Waals surface area contributed by atoms with Crippen LogP contribution in [0.5, 0.6) is 0 Å². The third kappa shape index (κ3) is 3.53. The molecule has 0 aliphatic carbocycles. The summed E-state index contributed by atoms with van der Waals surface area (Å²) in [5.41, 5.74) is 5.45. The third-order valence-electron chi connectivity index (χ3n) is 0.871. The number of rotatable bonds is 2. The van der Waals surface area contributed by atoms with Crippen LogP contribution in [0.15, 0.2) is 23.8 Å². The van der Waals surface area contributed by atoms with Crippen molar-refractivity contribution < 1.29 is 4.79 Å². The largest absolute Gasteiger partial charge is 0.366 e. The number of carbonyl (C=O) groups is 1. The molecule has 0 saturated heterocycles. The van der Waals surface area contributed by atoms with Gasteiger partial charge in [0.15, 0.2) is 0 Å². The van der Waals surface area contributed by atoms with Crippen LogP contribution in [0.2, 0.25) is 0 Å². The number of allylic oxidation sites excluding steroid dienone is 3. The maximum absolute atomic E-state index is 10.3. The van der Waals surface area contributed by atoms with Gasteiger partial charge in [-0.05, 0) is 13.8 Å². The summed E-state index contributed by atoms with van der Waals surface area (Å²) < 4.78 is 0. The Morgan fingerprint density at radius 2 is 2.22 bits per heavy atom. The lowest BCUT2D eigenvalue weighted by molar-refractivity contribution is -0.114. The fourth-order valence-corrected chi connectivity index (χ4v) is 0.295. The van der Waals surface area contributed by atoms with E-state index in [-0.39, 0.29) is 0 Å². The molecule has 0 bridgehead atoms. The normalized spacial score (nSPS) is 12.4. The maximum Gasteiger partial charge on any atom is 0.244 e. The third-order valence-corrected chi connectivity index (χ3v) is 0.871. The number of nitrogens with two attached hydrogens (primary N) is 1. The molecule has 2 nitrogen and oxygen atoms in total. The first-order valence-corrected chi connectivity index (χ1v) is 2.61. The Hall–Kier alpha value is -1.05. The lowest BCUT2D eigenvalue weighted by Crippen LogP contribution is -2.11. The Kier molecular flexibility index (Phi) is 3.44. The summed E-state index contributed by atoms with van der Waals surface area (Å²) >= 11 is 0. The molecule has 1 amide bonds. The highest BCUT2D eigenvalue weighted by atomic mass is 16.1. The molecule has 0 aromatic heterocycles. The molecule has 0 aromatic carbocycles. The highest BCUT2D eigenvalue weighted by molar-refractivity contribution is 5.91. The monoisotopic (exact) mass is 124 g/mol. The molecule has 1 radical (unpaired) electrons. The van der Waals surface area contributed by atoms with Gasteiger partial charge in [0, 0.05) is 5.57 Å². The van der Waals surface area contributed by atoms with Gasteiger partial charge in [0.1, 0.15) is 0 Å². The van der Waals surface area contributed by atoms with E-state index in [0.717, 1.165) is 0 Å². The molecule has 0 spiro atoms. The van der Waals surface area contributed by atoms with Gasteiger partial charge in [-0.15, -0.1) is 0 Å². The van der Waals surface area contributed by atoms with Gasteiger partial charge in [-0.3, -0.25) is 4.79 Å². The van der Waals surface area contributed by atoms with Crippen LogP contribution in [0.3, 0.4) is 0 Å². The van der Waals surface area contributed by atoms with Crippen molar-refractivity contribution in [1.82, 2.24) is 0 Å². The fourth-order valence-electron chi connectivity index (χ4n) is 0.295. The summed E-state index contributed by atoms with van der Waals surface area (Å²) in [6, 6.07) is 0. The molecule has 0 atom stereocenters. The van der Waals surface area contributed by atoms with Gasteiger partial charge in [-0.25, -0.2) is 0 Å². The molecular weight excluding hydrogens is 114 g/mol. The molecule has 0 aromatic rings. The first-order chi connectivity index (χ1) is 4.18. The van der Waals surface area contributed by atoms with Gasteiger partial charge in [0.2, 0.25) is 5.91 Å². The zero-order valence-corrected chi connectivity index (χ0v) is 5.42. The summed E-state index contributed by atoms with van der Waals surface area (Å²) in [4.78, 5) is 10.3. The summed E-state index contributed by atoms with van der Waals surface area (Å²) in [5, 5.41) is 0. The van der Waals surface area contributed by atoms with Crippen molar-refractivity contribution in [3.63, 3.8) is 0 Å². The van der Waals surface area contributed by atoms with Crippen molar-refractivity contribution in [3.05, 3.63) is 30.7 Å². The molecule has 0 saturated carbocycles. The second-order valence-corrected chi connectivity index (χ2v) is 1.64. The van der Waals surface area contributed by atoms with E-state index in [2.05, 4.69) is 6.92 Å². The minimum absolute atomic E-state index is 0.395. The minimum Gasteiger partial charge on any atom is -0.366 e. The zero-order valence-electron chi connectivity index (χ0n) is 5.42. The molecule has 0 heterocycles. The second kappa shape index (κ2) is 3.89. The van der Waals surface area contributed by atoms with Crippen molar-refractivity contribution in [3.8, 4) is 0 Å². The van der Waals surface area contributed by atoms with Crippen LogP contribution in [0, 0.1) is 6.92 Å². The van der Waals surface area contributed by atoms with Crippen LogP contribution >= 0.6 is 0 Å². The standard InChI is InChI=1S/C7H10NO/c1-3-4-5-6(2)7(8)9/h3-5H,1H2,2H3,(H2,8,9)/b4-3+,6-5-. The van der Waals surface area contributed by atoms with Gasteiger partial charge in [-0.1, -0.05) is 18.2 Å². The van der Waals surface area contributed by atoms with E-state index in [1.54, 1.807) is 25.2 Å². The first kappa shape index (κ1) is 7.95. The smallest absolute Gasteiger partial charge is 0.244 e. The van der Waals surface area contributed by atoms with E-state index in [1.807, 2.05) is 0 Å². The lowest BCUT2D eigenvalue weighted by Gasteiger charge is -1.87. The van der Waals surface area contributed by atoms with E-state index in [4.69, 9.17) is 5.73 Å². The highest BCUT2D eigenvalue weighted by Gasteiger charge is 1.91. The summed E-state index contributed by atoms with van der Waals surface area (Å²) in [5.74, 6) is -0.395. The molecule has 9 heavy (non-hydrogen) atoms. The Labute approximate surface area is 55.1 Å². The van der Waals surface area contributed by atoms with Gasteiger partial charge < -0.3 is 5.73 Å². The summed E-state index contributed by atoms with van der Waals surface area (Å²) in [6.45, 7) is 5.09. The van der Waals surface area contributed by atoms with Gasteiger partial charge in [0.05, 0.1) is 0 Å². The summed E-state index contributed by atoms with van der Waals surface area (Å²) in [6.07, 6.45) is 4.88. The number of amides is 1. The topological polar surface area (TPSA) is 43.1 Å². The predicted octanol–water partition coefficient (Wildman–Crippen LogP) is 0.808.